The van der Waals surface area contributed by atoms with Crippen LogP contribution in [0.2, 0.25) is 0 Å². The quantitative estimate of drug-likeness (QED) is 0.849. The standard InChI is InChI=1S/C10H15NO4S2/c12-5-9-4-10(7-16-9)17(13,14)11-8-2-1-3-15-6-8/h4,7-8,11-12H,1-3,5-6H2. The maximum Gasteiger partial charge on any atom is 0.241 e. The summed E-state index contributed by atoms with van der Waals surface area (Å²) in [5.41, 5.74) is 0. The van der Waals surface area contributed by atoms with E-state index in [1.165, 1.54) is 22.8 Å². The van der Waals surface area contributed by atoms with Crippen LogP contribution < -0.4 is 4.72 Å². The van der Waals surface area contributed by atoms with Gasteiger partial charge in [0.15, 0.2) is 0 Å². The fraction of sp³-hybridized carbons (Fsp3) is 0.600. The second-order valence-electron chi connectivity index (χ2n) is 3.94. The molecule has 1 aliphatic rings. The van der Waals surface area contributed by atoms with Crippen LogP contribution in [0.1, 0.15) is 17.7 Å². The Labute approximate surface area is 104 Å². The molecule has 0 radical (unpaired) electrons. The number of hydrogen-bond donors (Lipinski definition) is 2. The third-order valence-corrected chi connectivity index (χ3v) is 5.15. The largest absolute Gasteiger partial charge is 0.391 e. The van der Waals surface area contributed by atoms with Crippen molar-refractivity contribution in [1.29, 1.82) is 0 Å². The Morgan fingerprint density at radius 3 is 3.00 bits per heavy atom. The summed E-state index contributed by atoms with van der Waals surface area (Å²) < 4.78 is 31.8. The van der Waals surface area contributed by atoms with E-state index in [0.717, 1.165) is 12.8 Å². The first-order valence-electron chi connectivity index (χ1n) is 5.40. The van der Waals surface area contributed by atoms with Crippen molar-refractivity contribution in [2.75, 3.05) is 13.2 Å². The number of aliphatic hydroxyl groups excluding tert-OH is 1. The molecule has 1 unspecified atom stereocenters. The number of sulfonamides is 1. The van der Waals surface area contributed by atoms with Gasteiger partial charge in [-0.2, -0.15) is 0 Å². The summed E-state index contributed by atoms with van der Waals surface area (Å²) >= 11 is 1.24. The number of nitrogens with one attached hydrogen (secondary N) is 1. The van der Waals surface area contributed by atoms with Crippen molar-refractivity contribution < 1.29 is 18.3 Å². The van der Waals surface area contributed by atoms with Gasteiger partial charge >= 0.3 is 0 Å². The average Bonchev–Trinajstić information content (AvgIpc) is 2.79. The van der Waals surface area contributed by atoms with Crippen LogP contribution in [-0.4, -0.2) is 32.8 Å². The number of ether oxygens (including phenoxy) is 1. The summed E-state index contributed by atoms with van der Waals surface area (Å²) in [7, 11) is -3.48. The van der Waals surface area contributed by atoms with Crippen LogP contribution in [0.5, 0.6) is 0 Å². The van der Waals surface area contributed by atoms with E-state index in [-0.39, 0.29) is 17.5 Å². The molecule has 0 aliphatic carbocycles. The highest BCUT2D eigenvalue weighted by molar-refractivity contribution is 7.89. The average molecular weight is 277 g/mol. The lowest BCUT2D eigenvalue weighted by molar-refractivity contribution is 0.0774. The highest BCUT2D eigenvalue weighted by atomic mass is 32.2. The third-order valence-electron chi connectivity index (χ3n) is 2.58. The summed E-state index contributed by atoms with van der Waals surface area (Å²) in [5.74, 6) is 0. The van der Waals surface area contributed by atoms with E-state index >= 15 is 0 Å². The normalized spacial score (nSPS) is 21.6. The van der Waals surface area contributed by atoms with E-state index in [4.69, 9.17) is 9.84 Å². The van der Waals surface area contributed by atoms with Crippen LogP contribution >= 0.6 is 11.3 Å². The topological polar surface area (TPSA) is 75.6 Å². The van der Waals surface area contributed by atoms with Crippen molar-refractivity contribution in [2.24, 2.45) is 0 Å². The molecule has 1 atom stereocenters. The van der Waals surface area contributed by atoms with Gasteiger partial charge in [0.1, 0.15) is 0 Å². The Hall–Kier alpha value is -0.470. The van der Waals surface area contributed by atoms with Gasteiger partial charge in [0.25, 0.3) is 0 Å². The maximum atomic E-state index is 12.0. The molecule has 1 aliphatic heterocycles. The Balaban J connectivity index is 2.07. The molecule has 0 bridgehead atoms. The number of rotatable bonds is 4. The lowest BCUT2D eigenvalue weighted by Gasteiger charge is -2.22. The van der Waals surface area contributed by atoms with Gasteiger partial charge in [0, 0.05) is 22.9 Å². The van der Waals surface area contributed by atoms with Gasteiger partial charge in [-0.15, -0.1) is 11.3 Å². The molecule has 2 N–H and O–H groups in total. The van der Waals surface area contributed by atoms with E-state index in [0.29, 0.717) is 18.1 Å². The highest BCUT2D eigenvalue weighted by Crippen LogP contribution is 2.20. The van der Waals surface area contributed by atoms with Crippen molar-refractivity contribution in [3.05, 3.63) is 16.3 Å². The van der Waals surface area contributed by atoms with E-state index in [1.807, 2.05) is 0 Å². The minimum Gasteiger partial charge on any atom is -0.391 e. The molecular formula is C10H15NO4S2. The zero-order chi connectivity index (χ0) is 12.3. The van der Waals surface area contributed by atoms with Crippen molar-refractivity contribution in [3.8, 4) is 0 Å². The molecule has 1 aromatic rings. The monoisotopic (exact) mass is 277 g/mol. The van der Waals surface area contributed by atoms with Gasteiger partial charge in [0.05, 0.1) is 18.1 Å². The lowest BCUT2D eigenvalue weighted by Crippen LogP contribution is -2.40. The zero-order valence-corrected chi connectivity index (χ0v) is 10.9. The van der Waals surface area contributed by atoms with Crippen LogP contribution in [0.3, 0.4) is 0 Å². The number of aliphatic hydroxyl groups is 1. The lowest BCUT2D eigenvalue weighted by atomic mass is 10.1. The minimum absolute atomic E-state index is 0.132. The van der Waals surface area contributed by atoms with Crippen molar-refractivity contribution in [1.82, 2.24) is 4.72 Å². The fourth-order valence-corrected chi connectivity index (χ4v) is 4.09. The van der Waals surface area contributed by atoms with Crippen molar-refractivity contribution in [3.63, 3.8) is 0 Å². The molecule has 0 aromatic carbocycles. The van der Waals surface area contributed by atoms with E-state index in [2.05, 4.69) is 4.72 Å². The highest BCUT2D eigenvalue weighted by Gasteiger charge is 2.23. The summed E-state index contributed by atoms with van der Waals surface area (Å²) in [6.45, 7) is 0.994. The van der Waals surface area contributed by atoms with Crippen LogP contribution in [0.25, 0.3) is 0 Å². The van der Waals surface area contributed by atoms with Gasteiger partial charge in [-0.1, -0.05) is 0 Å². The predicted molar refractivity (Wildman–Crippen MR) is 64.4 cm³/mol. The van der Waals surface area contributed by atoms with Crippen LogP contribution in [0.15, 0.2) is 16.3 Å². The SMILES string of the molecule is O=S(=O)(NC1CCCOC1)c1csc(CO)c1. The fourth-order valence-electron chi connectivity index (χ4n) is 1.71. The van der Waals surface area contributed by atoms with Gasteiger partial charge in [0.2, 0.25) is 10.0 Å². The smallest absolute Gasteiger partial charge is 0.241 e. The maximum absolute atomic E-state index is 12.0. The molecule has 1 aromatic heterocycles. The van der Waals surface area contributed by atoms with Crippen molar-refractivity contribution >= 4 is 21.4 Å². The Bertz CT molecular complexity index is 462. The Kier molecular flexibility index (Phi) is 4.16. The Morgan fingerprint density at radius 2 is 2.41 bits per heavy atom. The summed E-state index contributed by atoms with van der Waals surface area (Å²) in [4.78, 5) is 0.863. The molecule has 17 heavy (non-hydrogen) atoms. The molecule has 7 heteroatoms. The zero-order valence-electron chi connectivity index (χ0n) is 9.26. The van der Waals surface area contributed by atoms with E-state index in [1.54, 1.807) is 0 Å². The van der Waals surface area contributed by atoms with Crippen LogP contribution in [-0.2, 0) is 21.4 Å². The van der Waals surface area contributed by atoms with Crippen LogP contribution in [0.4, 0.5) is 0 Å². The minimum atomic E-state index is -3.48. The molecule has 2 heterocycles. The second kappa shape index (κ2) is 5.45. The molecule has 2 rings (SSSR count). The van der Waals surface area contributed by atoms with Gasteiger partial charge in [-0.3, -0.25) is 0 Å². The number of hydrogen-bond acceptors (Lipinski definition) is 5. The van der Waals surface area contributed by atoms with Gasteiger partial charge in [-0.25, -0.2) is 13.1 Å². The summed E-state index contributed by atoms with van der Waals surface area (Å²) in [5, 5.41) is 10.5. The Morgan fingerprint density at radius 1 is 1.59 bits per heavy atom. The summed E-state index contributed by atoms with van der Waals surface area (Å²) in [6.07, 6.45) is 1.68. The summed E-state index contributed by atoms with van der Waals surface area (Å²) in [6, 6.07) is 1.35. The molecule has 0 saturated carbocycles. The predicted octanol–water partition coefficient (Wildman–Crippen LogP) is 0.698. The first-order chi connectivity index (χ1) is 8.12. The first kappa shape index (κ1) is 13.0. The molecule has 1 saturated heterocycles. The number of thiophene rings is 1. The van der Waals surface area contributed by atoms with Gasteiger partial charge in [-0.05, 0) is 18.9 Å². The van der Waals surface area contributed by atoms with Crippen LogP contribution in [0, 0.1) is 0 Å². The van der Waals surface area contributed by atoms with Gasteiger partial charge < -0.3 is 9.84 Å². The second-order valence-corrected chi connectivity index (χ2v) is 6.65. The van der Waals surface area contributed by atoms with E-state index < -0.39 is 10.0 Å². The molecule has 1 fully saturated rings. The van der Waals surface area contributed by atoms with E-state index in [9.17, 15) is 8.42 Å². The first-order valence-corrected chi connectivity index (χ1v) is 7.76. The third kappa shape index (κ3) is 3.26. The molecular weight excluding hydrogens is 262 g/mol. The molecule has 96 valence electrons. The molecule has 5 nitrogen and oxygen atoms in total. The molecule has 0 amide bonds. The molecule has 0 spiro atoms. The van der Waals surface area contributed by atoms with Crippen molar-refractivity contribution in [2.45, 2.75) is 30.4 Å².